The normalized spacial score (nSPS) is 12.7. The first-order valence-corrected chi connectivity index (χ1v) is 7.74. The van der Waals surface area contributed by atoms with Gasteiger partial charge in [0.1, 0.15) is 4.90 Å². The molecule has 2 N–H and O–H groups in total. The van der Waals surface area contributed by atoms with Crippen molar-refractivity contribution in [2.24, 2.45) is 0 Å². The highest BCUT2D eigenvalue weighted by Gasteiger charge is 2.29. The predicted molar refractivity (Wildman–Crippen MR) is 71.6 cm³/mol. The average molecular weight is 307 g/mol. The molecule has 0 aliphatic rings. The van der Waals surface area contributed by atoms with Crippen LogP contribution in [0.4, 0.5) is 8.78 Å². The van der Waals surface area contributed by atoms with Crippen molar-refractivity contribution in [3.8, 4) is 0 Å². The lowest BCUT2D eigenvalue weighted by Gasteiger charge is -2.25. The van der Waals surface area contributed by atoms with Crippen LogP contribution in [0.5, 0.6) is 0 Å². The minimum Gasteiger partial charge on any atom is -0.392 e. The van der Waals surface area contributed by atoms with Gasteiger partial charge in [-0.25, -0.2) is 21.9 Å². The second-order valence-electron chi connectivity index (χ2n) is 5.29. The molecular weight excluding hydrogens is 288 g/mol. The number of aliphatic hydroxyl groups excluding tert-OH is 1. The Morgan fingerprint density at radius 2 is 1.90 bits per heavy atom. The molecule has 1 aromatic carbocycles. The van der Waals surface area contributed by atoms with E-state index in [1.165, 1.54) is 0 Å². The smallest absolute Gasteiger partial charge is 0.244 e. The molecule has 0 radical (unpaired) electrons. The summed E-state index contributed by atoms with van der Waals surface area (Å²) < 4.78 is 53.7. The molecule has 0 aliphatic heterocycles. The van der Waals surface area contributed by atoms with Gasteiger partial charge < -0.3 is 5.11 Å². The number of rotatable bonds is 6. The van der Waals surface area contributed by atoms with Crippen molar-refractivity contribution >= 4 is 10.0 Å². The van der Waals surface area contributed by atoms with Crippen molar-refractivity contribution in [1.82, 2.24) is 4.72 Å². The van der Waals surface area contributed by atoms with Gasteiger partial charge in [-0.3, -0.25) is 0 Å². The zero-order chi connectivity index (χ0) is 15.6. The van der Waals surface area contributed by atoms with Gasteiger partial charge in [-0.2, -0.15) is 0 Å². The third kappa shape index (κ3) is 3.97. The molecule has 20 heavy (non-hydrogen) atoms. The van der Waals surface area contributed by atoms with Gasteiger partial charge in [0.25, 0.3) is 0 Å². The summed E-state index contributed by atoms with van der Waals surface area (Å²) in [5, 5.41) is 8.96. The van der Waals surface area contributed by atoms with Crippen molar-refractivity contribution in [2.75, 3.05) is 0 Å². The molecule has 0 atom stereocenters. The number of hydrogen-bond donors (Lipinski definition) is 2. The molecule has 0 bridgehead atoms. The quantitative estimate of drug-likeness (QED) is 0.847. The summed E-state index contributed by atoms with van der Waals surface area (Å²) in [5.74, 6) is -2.74. The van der Waals surface area contributed by atoms with Gasteiger partial charge in [0, 0.05) is 5.54 Å². The Hall–Kier alpha value is -1.05. The molecule has 7 heteroatoms. The van der Waals surface area contributed by atoms with Crippen LogP contribution in [0.2, 0.25) is 0 Å². The van der Waals surface area contributed by atoms with E-state index in [1.807, 2.05) is 6.92 Å². The molecule has 1 rings (SSSR count). The van der Waals surface area contributed by atoms with Crippen molar-refractivity contribution < 1.29 is 22.3 Å². The van der Waals surface area contributed by atoms with Crippen LogP contribution in [0.3, 0.4) is 0 Å². The first kappa shape index (κ1) is 17.0. The Kier molecular flexibility index (Phi) is 5.23. The van der Waals surface area contributed by atoms with E-state index >= 15 is 0 Å². The topological polar surface area (TPSA) is 66.4 Å². The van der Waals surface area contributed by atoms with E-state index in [9.17, 15) is 17.2 Å². The largest absolute Gasteiger partial charge is 0.392 e. The highest BCUT2D eigenvalue weighted by atomic mass is 32.2. The maximum atomic E-state index is 13.7. The first-order chi connectivity index (χ1) is 9.13. The molecule has 0 heterocycles. The number of halogens is 2. The zero-order valence-corrected chi connectivity index (χ0v) is 12.5. The van der Waals surface area contributed by atoms with E-state index < -0.39 is 38.7 Å². The van der Waals surface area contributed by atoms with Crippen LogP contribution in [-0.4, -0.2) is 19.1 Å². The lowest BCUT2D eigenvalue weighted by molar-refractivity contribution is 0.280. The van der Waals surface area contributed by atoms with Crippen molar-refractivity contribution in [2.45, 2.75) is 50.7 Å². The van der Waals surface area contributed by atoms with E-state index in [2.05, 4.69) is 4.72 Å². The minimum absolute atomic E-state index is 0.00225. The van der Waals surface area contributed by atoms with E-state index in [0.717, 1.165) is 18.6 Å². The molecule has 0 fully saturated rings. The van der Waals surface area contributed by atoms with Gasteiger partial charge in [-0.1, -0.05) is 13.3 Å². The molecule has 0 aromatic heterocycles. The molecule has 1 aromatic rings. The Morgan fingerprint density at radius 3 is 2.40 bits per heavy atom. The van der Waals surface area contributed by atoms with Gasteiger partial charge in [-0.15, -0.1) is 0 Å². The number of hydrogen-bond acceptors (Lipinski definition) is 3. The summed E-state index contributed by atoms with van der Waals surface area (Å²) in [6, 6.07) is 1.70. The van der Waals surface area contributed by atoms with Gasteiger partial charge in [0.05, 0.1) is 6.61 Å². The third-order valence-electron chi connectivity index (χ3n) is 2.81. The summed E-state index contributed by atoms with van der Waals surface area (Å²) in [6.45, 7) is 4.65. The first-order valence-electron chi connectivity index (χ1n) is 6.25. The van der Waals surface area contributed by atoms with Crippen LogP contribution in [0.1, 0.15) is 39.2 Å². The van der Waals surface area contributed by atoms with E-state index in [0.29, 0.717) is 6.42 Å². The molecule has 0 saturated carbocycles. The second kappa shape index (κ2) is 6.15. The summed E-state index contributed by atoms with van der Waals surface area (Å²) in [7, 11) is -4.20. The average Bonchev–Trinajstić information content (AvgIpc) is 2.30. The molecule has 0 amide bonds. The van der Waals surface area contributed by atoms with E-state index in [-0.39, 0.29) is 5.56 Å². The molecule has 0 aliphatic carbocycles. The van der Waals surface area contributed by atoms with Crippen LogP contribution >= 0.6 is 0 Å². The lowest BCUT2D eigenvalue weighted by atomic mass is 10.0. The zero-order valence-electron chi connectivity index (χ0n) is 11.7. The second-order valence-corrected chi connectivity index (χ2v) is 6.94. The fourth-order valence-corrected chi connectivity index (χ4v) is 3.58. The van der Waals surface area contributed by atoms with Crippen molar-refractivity contribution in [3.63, 3.8) is 0 Å². The molecule has 4 nitrogen and oxygen atoms in total. The highest BCUT2D eigenvalue weighted by molar-refractivity contribution is 7.89. The lowest BCUT2D eigenvalue weighted by Crippen LogP contribution is -2.43. The van der Waals surface area contributed by atoms with Crippen LogP contribution in [0, 0.1) is 11.6 Å². The molecule has 114 valence electrons. The number of nitrogens with one attached hydrogen (secondary N) is 1. The standard InChI is InChI=1S/C13H19F2NO3S/c1-4-5-13(2,3)16-20(18,19)11-7-9(8-17)6-10(14)12(11)15/h6-7,16-17H,4-5,8H2,1-3H3. The number of benzene rings is 1. The Morgan fingerprint density at radius 1 is 1.30 bits per heavy atom. The maximum absolute atomic E-state index is 13.7. The fourth-order valence-electron chi connectivity index (χ4n) is 2.00. The van der Waals surface area contributed by atoms with E-state index in [1.54, 1.807) is 13.8 Å². The summed E-state index contributed by atoms with van der Waals surface area (Å²) in [4.78, 5) is -0.786. The predicted octanol–water partition coefficient (Wildman–Crippen LogP) is 2.31. The Bertz CT molecular complexity index is 586. The molecule has 0 spiro atoms. The number of sulfonamides is 1. The SMILES string of the molecule is CCCC(C)(C)NS(=O)(=O)c1cc(CO)cc(F)c1F. The van der Waals surface area contributed by atoms with E-state index in [4.69, 9.17) is 5.11 Å². The van der Waals surface area contributed by atoms with Gasteiger partial charge in [0.2, 0.25) is 10.0 Å². The van der Waals surface area contributed by atoms with Crippen molar-refractivity contribution in [1.29, 1.82) is 0 Å². The monoisotopic (exact) mass is 307 g/mol. The Labute approximate surface area is 117 Å². The molecular formula is C13H19F2NO3S. The maximum Gasteiger partial charge on any atom is 0.244 e. The van der Waals surface area contributed by atoms with Gasteiger partial charge >= 0.3 is 0 Å². The van der Waals surface area contributed by atoms with Gasteiger partial charge in [-0.05, 0) is 38.0 Å². The summed E-state index contributed by atoms with van der Waals surface area (Å²) >= 11 is 0. The summed E-state index contributed by atoms with van der Waals surface area (Å²) in [6.07, 6.45) is 1.29. The number of aliphatic hydroxyl groups is 1. The summed E-state index contributed by atoms with van der Waals surface area (Å²) in [5.41, 5.74) is -0.774. The van der Waals surface area contributed by atoms with Crippen LogP contribution in [-0.2, 0) is 16.6 Å². The van der Waals surface area contributed by atoms with Crippen LogP contribution in [0.25, 0.3) is 0 Å². The van der Waals surface area contributed by atoms with Crippen LogP contribution in [0.15, 0.2) is 17.0 Å². The Balaban J connectivity index is 3.25. The van der Waals surface area contributed by atoms with Gasteiger partial charge in [0.15, 0.2) is 11.6 Å². The molecule has 0 unspecified atom stereocenters. The third-order valence-corrected chi connectivity index (χ3v) is 4.51. The van der Waals surface area contributed by atoms with Crippen LogP contribution < -0.4 is 4.72 Å². The highest BCUT2D eigenvalue weighted by Crippen LogP contribution is 2.22. The molecule has 0 saturated heterocycles. The van der Waals surface area contributed by atoms with Crippen molar-refractivity contribution in [3.05, 3.63) is 29.3 Å². The minimum atomic E-state index is -4.20. The fraction of sp³-hybridized carbons (Fsp3) is 0.538.